The number of nitrogen functional groups attached to an aromatic ring is 1. The minimum absolute atomic E-state index is 0.195. The highest BCUT2D eigenvalue weighted by Crippen LogP contribution is 2.37. The van der Waals surface area contributed by atoms with E-state index in [-0.39, 0.29) is 5.56 Å². The van der Waals surface area contributed by atoms with Crippen LogP contribution in [0.3, 0.4) is 0 Å². The van der Waals surface area contributed by atoms with Crippen LogP contribution in [-0.4, -0.2) is 48.2 Å². The molecule has 3 N–H and O–H groups in total. The summed E-state index contributed by atoms with van der Waals surface area (Å²) in [6.07, 6.45) is 3.43. The summed E-state index contributed by atoms with van der Waals surface area (Å²) in [6, 6.07) is 4.20. The maximum atomic E-state index is 11.5. The van der Waals surface area contributed by atoms with Gasteiger partial charge in [-0.1, -0.05) is 11.6 Å². The van der Waals surface area contributed by atoms with Gasteiger partial charge in [-0.3, -0.25) is 4.90 Å². The van der Waals surface area contributed by atoms with Gasteiger partial charge in [-0.2, -0.15) is 0 Å². The molecule has 1 aromatic rings. The Morgan fingerprint density at radius 2 is 2.05 bits per heavy atom. The van der Waals surface area contributed by atoms with Gasteiger partial charge in [-0.05, 0) is 38.4 Å². The number of carboxylic acid groups (broad SMARTS) is 1. The second kappa shape index (κ2) is 5.39. The fourth-order valence-corrected chi connectivity index (χ4v) is 3.96. The van der Waals surface area contributed by atoms with Crippen molar-refractivity contribution in [2.45, 2.75) is 31.3 Å². The Hall–Kier alpha value is -1.46. The van der Waals surface area contributed by atoms with E-state index in [1.165, 1.54) is 12.5 Å². The van der Waals surface area contributed by atoms with Gasteiger partial charge in [0.05, 0.1) is 16.3 Å². The van der Waals surface area contributed by atoms with Crippen molar-refractivity contribution in [1.82, 2.24) is 4.90 Å². The van der Waals surface area contributed by atoms with Crippen molar-refractivity contribution < 1.29 is 9.90 Å². The predicted octanol–water partition coefficient (Wildman–Crippen LogP) is 2.29. The molecule has 2 bridgehead atoms. The van der Waals surface area contributed by atoms with Crippen LogP contribution >= 0.6 is 11.6 Å². The molecule has 2 aliphatic rings. The molecule has 3 rings (SSSR count). The first-order valence-electron chi connectivity index (χ1n) is 7.26. The van der Waals surface area contributed by atoms with Gasteiger partial charge >= 0.3 is 5.97 Å². The average molecular weight is 310 g/mol. The summed E-state index contributed by atoms with van der Waals surface area (Å²) in [4.78, 5) is 16.1. The average Bonchev–Trinajstić information content (AvgIpc) is 2.64. The summed E-state index contributed by atoms with van der Waals surface area (Å²) in [6.45, 7) is 1.65. The number of carbonyl (C=O) groups is 1. The number of fused-ring (bicyclic) bond motifs is 2. The third-order valence-electron chi connectivity index (χ3n) is 4.78. The van der Waals surface area contributed by atoms with Gasteiger partial charge in [0.2, 0.25) is 0 Å². The van der Waals surface area contributed by atoms with Gasteiger partial charge in [0.15, 0.2) is 0 Å². The van der Waals surface area contributed by atoms with Crippen molar-refractivity contribution in [3.63, 3.8) is 0 Å². The zero-order valence-corrected chi connectivity index (χ0v) is 12.8. The zero-order chi connectivity index (χ0) is 15.1. The van der Waals surface area contributed by atoms with Crippen LogP contribution in [0.2, 0.25) is 5.02 Å². The molecule has 2 aliphatic heterocycles. The monoisotopic (exact) mass is 309 g/mol. The Labute approximate surface area is 129 Å². The quantitative estimate of drug-likeness (QED) is 0.820. The second-order valence-electron chi connectivity index (χ2n) is 5.99. The second-order valence-corrected chi connectivity index (χ2v) is 6.40. The number of hydrogen-bond acceptors (Lipinski definition) is 4. The van der Waals surface area contributed by atoms with Crippen LogP contribution in [-0.2, 0) is 0 Å². The van der Waals surface area contributed by atoms with Gasteiger partial charge in [-0.15, -0.1) is 0 Å². The Kier molecular flexibility index (Phi) is 3.71. The lowest BCUT2D eigenvalue weighted by atomic mass is 10.1. The number of likely N-dealkylation sites (N-methyl/N-ethyl adjacent to an activating group) is 1. The Morgan fingerprint density at radius 1 is 1.33 bits per heavy atom. The van der Waals surface area contributed by atoms with Gasteiger partial charge in [0.1, 0.15) is 0 Å². The number of hydrogen-bond donors (Lipinski definition) is 2. The summed E-state index contributed by atoms with van der Waals surface area (Å²) in [5.41, 5.74) is 6.92. The van der Waals surface area contributed by atoms with Crippen molar-refractivity contribution in [3.8, 4) is 0 Å². The molecule has 21 heavy (non-hydrogen) atoms. The standard InChI is InChI=1S/C15H20ClN3O2/c1-18-10-2-3-11(18)8-19(5-4-10)14-12(15(20)21)6-9(17)7-13(14)16/h6-7,10-11H,2-5,8,17H2,1H3,(H,20,21). The van der Waals surface area contributed by atoms with E-state index in [9.17, 15) is 9.90 Å². The molecule has 0 aliphatic carbocycles. The highest BCUT2D eigenvalue weighted by atomic mass is 35.5. The minimum atomic E-state index is -0.984. The number of aromatic carboxylic acids is 1. The van der Waals surface area contributed by atoms with Crippen molar-refractivity contribution in [3.05, 3.63) is 22.7 Å². The lowest BCUT2D eigenvalue weighted by Gasteiger charge is -2.29. The summed E-state index contributed by atoms with van der Waals surface area (Å²) in [5, 5.41) is 9.87. The minimum Gasteiger partial charge on any atom is -0.478 e. The lowest BCUT2D eigenvalue weighted by Crippen LogP contribution is -2.37. The summed E-state index contributed by atoms with van der Waals surface area (Å²) in [5.74, 6) is -0.984. The van der Waals surface area contributed by atoms with Crippen LogP contribution in [0.1, 0.15) is 29.6 Å². The third kappa shape index (κ3) is 2.56. The first-order valence-corrected chi connectivity index (χ1v) is 7.64. The molecule has 0 radical (unpaired) electrons. The van der Waals surface area contributed by atoms with E-state index < -0.39 is 5.97 Å². The molecule has 0 amide bonds. The van der Waals surface area contributed by atoms with Gasteiger partial charge in [0.25, 0.3) is 0 Å². The summed E-state index contributed by atoms with van der Waals surface area (Å²) < 4.78 is 0. The molecule has 2 unspecified atom stereocenters. The van der Waals surface area contributed by atoms with Crippen molar-refractivity contribution in [2.75, 3.05) is 30.8 Å². The molecule has 6 heteroatoms. The molecule has 0 spiro atoms. The van der Waals surface area contributed by atoms with E-state index in [1.807, 2.05) is 0 Å². The first kappa shape index (κ1) is 14.5. The van der Waals surface area contributed by atoms with Crippen molar-refractivity contribution in [1.29, 1.82) is 0 Å². The fourth-order valence-electron chi connectivity index (χ4n) is 3.62. The van der Waals surface area contributed by atoms with E-state index in [4.69, 9.17) is 17.3 Å². The topological polar surface area (TPSA) is 69.8 Å². The van der Waals surface area contributed by atoms with E-state index in [2.05, 4.69) is 16.8 Å². The summed E-state index contributed by atoms with van der Waals surface area (Å²) in [7, 11) is 2.16. The number of benzene rings is 1. The van der Waals surface area contributed by atoms with Crippen LogP contribution in [0.5, 0.6) is 0 Å². The molecular weight excluding hydrogens is 290 g/mol. The van der Waals surface area contributed by atoms with Gasteiger partial charge in [0, 0.05) is 30.9 Å². The molecule has 114 valence electrons. The van der Waals surface area contributed by atoms with E-state index in [1.54, 1.807) is 6.07 Å². The SMILES string of the molecule is CN1C2CCC1CN(c1c(Cl)cc(N)cc1C(=O)O)CC2. The third-order valence-corrected chi connectivity index (χ3v) is 5.07. The summed E-state index contributed by atoms with van der Waals surface area (Å²) >= 11 is 6.31. The molecule has 2 saturated heterocycles. The maximum absolute atomic E-state index is 11.5. The van der Waals surface area contributed by atoms with E-state index >= 15 is 0 Å². The number of anilines is 2. The molecular formula is C15H20ClN3O2. The number of rotatable bonds is 2. The molecule has 0 aromatic heterocycles. The van der Waals surface area contributed by atoms with Crippen LogP contribution in [0.15, 0.2) is 12.1 Å². The maximum Gasteiger partial charge on any atom is 0.337 e. The molecule has 5 nitrogen and oxygen atoms in total. The Bertz CT molecular complexity index is 578. The predicted molar refractivity (Wildman–Crippen MR) is 84.2 cm³/mol. The Morgan fingerprint density at radius 3 is 2.76 bits per heavy atom. The van der Waals surface area contributed by atoms with Crippen molar-refractivity contribution >= 4 is 28.9 Å². The van der Waals surface area contributed by atoms with Crippen LogP contribution in [0.25, 0.3) is 0 Å². The smallest absolute Gasteiger partial charge is 0.337 e. The zero-order valence-electron chi connectivity index (χ0n) is 12.1. The number of nitrogens with zero attached hydrogens (tertiary/aromatic N) is 2. The highest BCUT2D eigenvalue weighted by molar-refractivity contribution is 6.34. The molecule has 2 atom stereocenters. The Balaban J connectivity index is 1.98. The lowest BCUT2D eigenvalue weighted by molar-refractivity contribution is 0.0697. The largest absolute Gasteiger partial charge is 0.478 e. The molecule has 2 heterocycles. The molecule has 1 aromatic carbocycles. The van der Waals surface area contributed by atoms with Crippen LogP contribution in [0.4, 0.5) is 11.4 Å². The van der Waals surface area contributed by atoms with Crippen LogP contribution in [0, 0.1) is 0 Å². The van der Waals surface area contributed by atoms with E-state index in [0.29, 0.717) is 28.5 Å². The molecule has 2 fully saturated rings. The highest BCUT2D eigenvalue weighted by Gasteiger charge is 2.36. The first-order chi connectivity index (χ1) is 9.97. The van der Waals surface area contributed by atoms with Gasteiger partial charge < -0.3 is 15.7 Å². The molecule has 0 saturated carbocycles. The van der Waals surface area contributed by atoms with Gasteiger partial charge in [-0.25, -0.2) is 4.79 Å². The fraction of sp³-hybridized carbons (Fsp3) is 0.533. The normalized spacial score (nSPS) is 25.9. The number of carboxylic acids is 1. The van der Waals surface area contributed by atoms with Crippen molar-refractivity contribution in [2.24, 2.45) is 0 Å². The van der Waals surface area contributed by atoms with Crippen LogP contribution < -0.4 is 10.6 Å². The number of nitrogens with two attached hydrogens (primary N) is 1. The number of halogens is 1. The van der Waals surface area contributed by atoms with E-state index in [0.717, 1.165) is 25.9 Å².